The molecule has 0 atom stereocenters. The number of terminal acetylenes is 1. The van der Waals surface area contributed by atoms with Crippen molar-refractivity contribution >= 4 is 21.4 Å². The highest BCUT2D eigenvalue weighted by molar-refractivity contribution is 7.91. The molecule has 0 unspecified atom stereocenters. The molecule has 0 aliphatic heterocycles. The molecule has 0 amide bonds. The van der Waals surface area contributed by atoms with Crippen LogP contribution in [0.2, 0.25) is 5.02 Å². The maximum absolute atomic E-state index is 12.4. The lowest BCUT2D eigenvalue weighted by molar-refractivity contribution is -0.137. The lowest BCUT2D eigenvalue weighted by Crippen LogP contribution is -2.10. The second kappa shape index (κ2) is 4.59. The molecule has 0 radical (unpaired) electrons. The Hall–Kier alpha value is -1.19. The fraction of sp³-hybridized carbons (Fsp3) is 0.200. The Kier molecular flexibility index (Phi) is 3.74. The summed E-state index contributed by atoms with van der Waals surface area (Å²) < 4.78 is 60.3. The minimum atomic E-state index is -4.63. The number of sulfone groups is 1. The van der Waals surface area contributed by atoms with Gasteiger partial charge in [-0.15, -0.1) is 6.42 Å². The predicted molar refractivity (Wildman–Crippen MR) is 57.3 cm³/mol. The van der Waals surface area contributed by atoms with E-state index in [2.05, 4.69) is 0 Å². The molecule has 0 heterocycles. The summed E-state index contributed by atoms with van der Waals surface area (Å²) in [7, 11) is -3.99. The normalized spacial score (nSPS) is 12.2. The van der Waals surface area contributed by atoms with Gasteiger partial charge in [-0.1, -0.05) is 17.5 Å². The van der Waals surface area contributed by atoms with Crippen LogP contribution in [0.25, 0.3) is 0 Å². The third kappa shape index (κ3) is 3.14. The van der Waals surface area contributed by atoms with E-state index in [-0.39, 0.29) is 5.02 Å². The average Bonchev–Trinajstić information content (AvgIpc) is 2.15. The fourth-order valence-electron chi connectivity index (χ4n) is 1.11. The molecule has 7 heteroatoms. The predicted octanol–water partition coefficient (Wildman–Crippen LogP) is 2.77. The molecule has 0 bridgehead atoms. The van der Waals surface area contributed by atoms with E-state index in [4.69, 9.17) is 18.0 Å². The Balaban J connectivity index is 3.41. The van der Waals surface area contributed by atoms with E-state index in [1.54, 1.807) is 0 Å². The van der Waals surface area contributed by atoms with Crippen LogP contribution in [0.4, 0.5) is 13.2 Å². The monoisotopic (exact) mass is 282 g/mol. The van der Waals surface area contributed by atoms with E-state index in [1.807, 2.05) is 5.92 Å². The molecule has 0 saturated carbocycles. The Labute approximate surface area is 101 Å². The van der Waals surface area contributed by atoms with Crippen molar-refractivity contribution in [3.05, 3.63) is 28.8 Å². The Morgan fingerprint density at radius 1 is 1.35 bits per heavy atom. The van der Waals surface area contributed by atoms with Crippen LogP contribution in [-0.4, -0.2) is 14.2 Å². The van der Waals surface area contributed by atoms with E-state index < -0.39 is 32.2 Å². The van der Waals surface area contributed by atoms with Crippen molar-refractivity contribution in [1.29, 1.82) is 0 Å². The van der Waals surface area contributed by atoms with Crippen LogP contribution >= 0.6 is 11.6 Å². The van der Waals surface area contributed by atoms with Crippen LogP contribution in [0, 0.1) is 12.3 Å². The Bertz CT molecular complexity index is 570. The Morgan fingerprint density at radius 2 is 1.94 bits per heavy atom. The van der Waals surface area contributed by atoms with Gasteiger partial charge in [-0.2, -0.15) is 13.2 Å². The van der Waals surface area contributed by atoms with Gasteiger partial charge < -0.3 is 0 Å². The molecule has 0 N–H and O–H groups in total. The van der Waals surface area contributed by atoms with Crippen molar-refractivity contribution in [1.82, 2.24) is 0 Å². The van der Waals surface area contributed by atoms with Gasteiger partial charge in [0.2, 0.25) is 0 Å². The van der Waals surface area contributed by atoms with Crippen molar-refractivity contribution in [3.8, 4) is 12.3 Å². The van der Waals surface area contributed by atoms with Crippen LogP contribution in [-0.2, 0) is 16.0 Å². The van der Waals surface area contributed by atoms with Crippen molar-refractivity contribution in [3.63, 3.8) is 0 Å². The molecule has 0 saturated heterocycles. The summed E-state index contributed by atoms with van der Waals surface area (Å²) in [6.45, 7) is 0. The molecule has 1 rings (SSSR count). The van der Waals surface area contributed by atoms with Crippen molar-refractivity contribution < 1.29 is 21.6 Å². The summed E-state index contributed by atoms with van der Waals surface area (Å²) in [6, 6.07) is 2.07. The van der Waals surface area contributed by atoms with Gasteiger partial charge in [-0.05, 0) is 18.2 Å². The number of hydrogen-bond donors (Lipinski definition) is 0. The first-order valence-corrected chi connectivity index (χ1v) is 6.24. The summed E-state index contributed by atoms with van der Waals surface area (Å²) in [4.78, 5) is -0.605. The van der Waals surface area contributed by atoms with Gasteiger partial charge >= 0.3 is 6.18 Å². The molecule has 0 fully saturated rings. The van der Waals surface area contributed by atoms with Gasteiger partial charge in [0, 0.05) is 0 Å². The molecule has 92 valence electrons. The summed E-state index contributed by atoms with van der Waals surface area (Å²) in [5, 5.41) is -0.284. The standard InChI is InChI=1S/C10H6ClF3O2S/c1-2-5-17(15,16)9-6-7(10(12,13)14)3-4-8(9)11/h1,3-4,6H,5H2. The van der Waals surface area contributed by atoms with E-state index in [9.17, 15) is 21.6 Å². The number of benzene rings is 1. The van der Waals surface area contributed by atoms with Crippen LogP contribution in [0.1, 0.15) is 5.56 Å². The first-order valence-electron chi connectivity index (χ1n) is 4.21. The minimum Gasteiger partial charge on any atom is -0.223 e. The van der Waals surface area contributed by atoms with Crippen molar-refractivity contribution in [2.24, 2.45) is 0 Å². The number of alkyl halides is 3. The first-order chi connectivity index (χ1) is 7.68. The first kappa shape index (κ1) is 13.9. The molecular formula is C10H6ClF3O2S. The topological polar surface area (TPSA) is 34.1 Å². The van der Waals surface area contributed by atoms with Crippen molar-refractivity contribution in [2.75, 3.05) is 5.75 Å². The lowest BCUT2D eigenvalue weighted by atomic mass is 10.2. The highest BCUT2D eigenvalue weighted by Gasteiger charge is 2.32. The molecule has 0 aliphatic rings. The third-order valence-electron chi connectivity index (χ3n) is 1.87. The van der Waals surface area contributed by atoms with Crippen LogP contribution < -0.4 is 0 Å². The molecule has 0 spiro atoms. The van der Waals surface area contributed by atoms with Gasteiger partial charge in [0.25, 0.3) is 0 Å². The molecule has 2 nitrogen and oxygen atoms in total. The maximum Gasteiger partial charge on any atom is 0.416 e. The molecule has 0 aliphatic carbocycles. The zero-order chi connectivity index (χ0) is 13.3. The molecule has 1 aromatic carbocycles. The number of halogens is 4. The third-order valence-corrected chi connectivity index (χ3v) is 3.86. The average molecular weight is 283 g/mol. The summed E-state index contributed by atoms with van der Waals surface area (Å²) in [6.07, 6.45) is 0.198. The highest BCUT2D eigenvalue weighted by Crippen LogP contribution is 2.33. The quantitative estimate of drug-likeness (QED) is 0.782. The second-order valence-corrected chi connectivity index (χ2v) is 5.47. The van der Waals surface area contributed by atoms with Crippen LogP contribution in [0.3, 0.4) is 0 Å². The molecular weight excluding hydrogens is 277 g/mol. The van der Waals surface area contributed by atoms with Gasteiger partial charge in [-0.25, -0.2) is 8.42 Å². The maximum atomic E-state index is 12.4. The SMILES string of the molecule is C#CCS(=O)(=O)c1cc(C(F)(F)F)ccc1Cl. The smallest absolute Gasteiger partial charge is 0.223 e. The zero-order valence-corrected chi connectivity index (χ0v) is 9.83. The Morgan fingerprint density at radius 3 is 2.41 bits per heavy atom. The number of hydrogen-bond acceptors (Lipinski definition) is 2. The second-order valence-electron chi connectivity index (χ2n) is 3.11. The van der Waals surface area contributed by atoms with Gasteiger partial charge in [-0.3, -0.25) is 0 Å². The van der Waals surface area contributed by atoms with Crippen LogP contribution in [0.5, 0.6) is 0 Å². The lowest BCUT2D eigenvalue weighted by Gasteiger charge is -2.09. The van der Waals surface area contributed by atoms with Gasteiger partial charge in [0.1, 0.15) is 5.75 Å². The summed E-state index contributed by atoms with van der Waals surface area (Å²) >= 11 is 5.55. The van der Waals surface area contributed by atoms with Gasteiger partial charge in [0.05, 0.1) is 15.5 Å². The van der Waals surface area contributed by atoms with E-state index in [1.165, 1.54) is 0 Å². The zero-order valence-electron chi connectivity index (χ0n) is 8.25. The molecule has 17 heavy (non-hydrogen) atoms. The van der Waals surface area contributed by atoms with E-state index >= 15 is 0 Å². The summed E-state index contributed by atoms with van der Waals surface area (Å²) in [5.41, 5.74) is -1.09. The van der Waals surface area contributed by atoms with E-state index in [0.29, 0.717) is 12.1 Å². The molecule has 0 aromatic heterocycles. The van der Waals surface area contributed by atoms with Crippen LogP contribution in [0.15, 0.2) is 23.1 Å². The van der Waals surface area contributed by atoms with E-state index in [0.717, 1.165) is 6.07 Å². The fourth-order valence-corrected chi connectivity index (χ4v) is 2.62. The minimum absolute atomic E-state index is 0.284. The highest BCUT2D eigenvalue weighted by atomic mass is 35.5. The largest absolute Gasteiger partial charge is 0.416 e. The van der Waals surface area contributed by atoms with Crippen molar-refractivity contribution in [2.45, 2.75) is 11.1 Å². The molecule has 1 aromatic rings. The number of rotatable bonds is 2. The summed E-state index contributed by atoms with van der Waals surface area (Å²) in [5.74, 6) is 1.16. The van der Waals surface area contributed by atoms with Gasteiger partial charge in [0.15, 0.2) is 9.84 Å².